The lowest BCUT2D eigenvalue weighted by Crippen LogP contribution is -2.45. The van der Waals surface area contributed by atoms with Crippen LogP contribution in [0.2, 0.25) is 0 Å². The van der Waals surface area contributed by atoms with Crippen LogP contribution < -0.4 is 10.1 Å². The molecule has 2 aromatic rings. The molecule has 3 heteroatoms. The smallest absolute Gasteiger partial charge is 0.118 e. The molecule has 1 saturated heterocycles. The Bertz CT molecular complexity index is 603. The zero-order valence-electron chi connectivity index (χ0n) is 13.4. The molecular formula is C19H24N2O. The number of benzene rings is 2. The van der Waals surface area contributed by atoms with Gasteiger partial charge in [0, 0.05) is 26.2 Å². The van der Waals surface area contributed by atoms with E-state index in [0.717, 1.165) is 31.9 Å². The Kier molecular flexibility index (Phi) is 4.76. The molecule has 1 heterocycles. The summed E-state index contributed by atoms with van der Waals surface area (Å²) < 4.78 is 5.30. The van der Waals surface area contributed by atoms with E-state index < -0.39 is 0 Å². The van der Waals surface area contributed by atoms with Crippen molar-refractivity contribution in [3.63, 3.8) is 0 Å². The summed E-state index contributed by atoms with van der Waals surface area (Å²) in [5.41, 5.74) is 4.08. The summed E-state index contributed by atoms with van der Waals surface area (Å²) in [6, 6.07) is 17.5. The average Bonchev–Trinajstić information content (AvgIpc) is 2.58. The molecule has 3 nitrogen and oxygen atoms in total. The van der Waals surface area contributed by atoms with Crippen LogP contribution in [0.15, 0.2) is 48.5 Å². The van der Waals surface area contributed by atoms with E-state index in [2.05, 4.69) is 65.7 Å². The van der Waals surface area contributed by atoms with Gasteiger partial charge >= 0.3 is 0 Å². The third-order valence-electron chi connectivity index (χ3n) is 4.43. The zero-order valence-corrected chi connectivity index (χ0v) is 13.4. The highest BCUT2D eigenvalue weighted by molar-refractivity contribution is 5.39. The molecule has 1 aliphatic heterocycles. The first kappa shape index (κ1) is 15.1. The maximum absolute atomic E-state index is 5.30. The van der Waals surface area contributed by atoms with Crippen molar-refractivity contribution < 1.29 is 4.74 Å². The van der Waals surface area contributed by atoms with Gasteiger partial charge in [0.05, 0.1) is 13.2 Å². The van der Waals surface area contributed by atoms with Crippen molar-refractivity contribution in [3.8, 4) is 5.75 Å². The zero-order chi connectivity index (χ0) is 15.4. The summed E-state index contributed by atoms with van der Waals surface area (Å²) in [4.78, 5) is 2.57. The number of rotatable bonds is 4. The Hall–Kier alpha value is -1.84. The molecule has 1 atom stereocenters. The quantitative estimate of drug-likeness (QED) is 0.938. The van der Waals surface area contributed by atoms with Gasteiger partial charge in [-0.15, -0.1) is 0 Å². The molecule has 1 aliphatic rings. The van der Waals surface area contributed by atoms with Crippen LogP contribution in [0.1, 0.15) is 22.7 Å². The molecule has 0 saturated carbocycles. The van der Waals surface area contributed by atoms with E-state index in [-0.39, 0.29) is 0 Å². The van der Waals surface area contributed by atoms with Crippen molar-refractivity contribution in [2.45, 2.75) is 13.0 Å². The first-order chi connectivity index (χ1) is 10.8. The van der Waals surface area contributed by atoms with Gasteiger partial charge in [0.2, 0.25) is 0 Å². The van der Waals surface area contributed by atoms with Crippen LogP contribution in [0.3, 0.4) is 0 Å². The summed E-state index contributed by atoms with van der Waals surface area (Å²) in [6.45, 7) is 6.46. The van der Waals surface area contributed by atoms with E-state index in [1.54, 1.807) is 7.11 Å². The second kappa shape index (κ2) is 6.95. The first-order valence-electron chi connectivity index (χ1n) is 7.94. The van der Waals surface area contributed by atoms with Gasteiger partial charge in [0.15, 0.2) is 0 Å². The Balaban J connectivity index is 1.99. The Morgan fingerprint density at radius 1 is 1.00 bits per heavy atom. The molecule has 0 radical (unpaired) electrons. The van der Waals surface area contributed by atoms with Gasteiger partial charge in [-0.05, 0) is 35.7 Å². The summed E-state index contributed by atoms with van der Waals surface area (Å²) >= 11 is 0. The van der Waals surface area contributed by atoms with E-state index in [0.29, 0.717) is 6.04 Å². The highest BCUT2D eigenvalue weighted by Gasteiger charge is 2.24. The molecule has 1 unspecified atom stereocenters. The number of aryl methyl sites for hydroxylation is 1. The van der Waals surface area contributed by atoms with Gasteiger partial charge in [-0.25, -0.2) is 0 Å². The Morgan fingerprint density at radius 3 is 2.32 bits per heavy atom. The number of methoxy groups -OCH3 is 1. The van der Waals surface area contributed by atoms with Crippen molar-refractivity contribution in [3.05, 3.63) is 65.2 Å². The Morgan fingerprint density at radius 2 is 1.68 bits per heavy atom. The van der Waals surface area contributed by atoms with Gasteiger partial charge in [-0.2, -0.15) is 0 Å². The summed E-state index contributed by atoms with van der Waals surface area (Å²) in [5, 5.41) is 3.44. The molecule has 0 aromatic heterocycles. The number of piperazine rings is 1. The minimum absolute atomic E-state index is 0.314. The van der Waals surface area contributed by atoms with Crippen LogP contribution in [-0.4, -0.2) is 38.2 Å². The molecule has 1 N–H and O–H groups in total. The average molecular weight is 296 g/mol. The Labute approximate surface area is 132 Å². The van der Waals surface area contributed by atoms with Crippen LogP contribution in [0, 0.1) is 6.92 Å². The van der Waals surface area contributed by atoms with E-state index in [1.807, 2.05) is 0 Å². The van der Waals surface area contributed by atoms with Crippen LogP contribution >= 0.6 is 0 Å². The summed E-state index contributed by atoms with van der Waals surface area (Å²) in [7, 11) is 1.71. The number of hydrogen-bond donors (Lipinski definition) is 1. The lowest BCUT2D eigenvalue weighted by Gasteiger charge is -2.36. The number of nitrogens with zero attached hydrogens (tertiary/aromatic N) is 1. The maximum atomic E-state index is 5.30. The molecule has 0 spiro atoms. The van der Waals surface area contributed by atoms with Crippen LogP contribution in [0.4, 0.5) is 0 Å². The SMILES string of the molecule is COc1ccc(C(c2ccccc2C)N2CCNCC2)cc1. The molecule has 116 valence electrons. The lowest BCUT2D eigenvalue weighted by atomic mass is 9.93. The van der Waals surface area contributed by atoms with E-state index >= 15 is 0 Å². The van der Waals surface area contributed by atoms with Gasteiger partial charge in [0.1, 0.15) is 5.75 Å². The van der Waals surface area contributed by atoms with Gasteiger partial charge in [0.25, 0.3) is 0 Å². The number of nitrogens with one attached hydrogen (secondary N) is 1. The lowest BCUT2D eigenvalue weighted by molar-refractivity contribution is 0.198. The summed E-state index contributed by atoms with van der Waals surface area (Å²) in [5.74, 6) is 0.910. The number of hydrogen-bond acceptors (Lipinski definition) is 3. The predicted octanol–water partition coefficient (Wildman–Crippen LogP) is 3.00. The standard InChI is InChI=1S/C19H24N2O/c1-15-5-3-4-6-18(15)19(21-13-11-20-12-14-21)16-7-9-17(22-2)10-8-16/h3-10,19-20H,11-14H2,1-2H3. The van der Waals surface area contributed by atoms with Crippen molar-refractivity contribution in [2.75, 3.05) is 33.3 Å². The first-order valence-corrected chi connectivity index (χ1v) is 7.94. The fourth-order valence-electron chi connectivity index (χ4n) is 3.21. The summed E-state index contributed by atoms with van der Waals surface area (Å²) in [6.07, 6.45) is 0. The molecule has 0 amide bonds. The fraction of sp³-hybridized carbons (Fsp3) is 0.368. The van der Waals surface area contributed by atoms with Crippen molar-refractivity contribution in [1.82, 2.24) is 10.2 Å². The second-order valence-electron chi connectivity index (χ2n) is 5.82. The monoisotopic (exact) mass is 296 g/mol. The third-order valence-corrected chi connectivity index (χ3v) is 4.43. The molecule has 3 rings (SSSR count). The van der Waals surface area contributed by atoms with Crippen molar-refractivity contribution in [2.24, 2.45) is 0 Å². The third kappa shape index (κ3) is 3.16. The topological polar surface area (TPSA) is 24.5 Å². The number of ether oxygens (including phenoxy) is 1. The van der Waals surface area contributed by atoms with E-state index in [1.165, 1.54) is 16.7 Å². The van der Waals surface area contributed by atoms with Crippen LogP contribution in [0.25, 0.3) is 0 Å². The van der Waals surface area contributed by atoms with Crippen LogP contribution in [0.5, 0.6) is 5.75 Å². The normalized spacial score (nSPS) is 17.2. The molecule has 22 heavy (non-hydrogen) atoms. The fourth-order valence-corrected chi connectivity index (χ4v) is 3.21. The minimum atomic E-state index is 0.314. The minimum Gasteiger partial charge on any atom is -0.497 e. The van der Waals surface area contributed by atoms with E-state index in [9.17, 15) is 0 Å². The molecule has 0 bridgehead atoms. The maximum Gasteiger partial charge on any atom is 0.118 e. The molecule has 1 fully saturated rings. The second-order valence-corrected chi connectivity index (χ2v) is 5.82. The van der Waals surface area contributed by atoms with Gasteiger partial charge in [-0.3, -0.25) is 4.90 Å². The predicted molar refractivity (Wildman–Crippen MR) is 90.5 cm³/mol. The largest absolute Gasteiger partial charge is 0.497 e. The molecule has 2 aromatic carbocycles. The van der Waals surface area contributed by atoms with Gasteiger partial charge < -0.3 is 10.1 Å². The highest BCUT2D eigenvalue weighted by atomic mass is 16.5. The molecule has 0 aliphatic carbocycles. The molecular weight excluding hydrogens is 272 g/mol. The van der Waals surface area contributed by atoms with Crippen molar-refractivity contribution in [1.29, 1.82) is 0 Å². The van der Waals surface area contributed by atoms with Crippen molar-refractivity contribution >= 4 is 0 Å². The van der Waals surface area contributed by atoms with Gasteiger partial charge in [-0.1, -0.05) is 36.4 Å². The highest BCUT2D eigenvalue weighted by Crippen LogP contribution is 2.31. The van der Waals surface area contributed by atoms with E-state index in [4.69, 9.17) is 4.74 Å². The van der Waals surface area contributed by atoms with Crippen LogP contribution in [-0.2, 0) is 0 Å².